The molecule has 0 aromatic heterocycles. The summed E-state index contributed by atoms with van der Waals surface area (Å²) >= 11 is 0. The van der Waals surface area contributed by atoms with Crippen molar-refractivity contribution in [2.75, 3.05) is 0 Å². The third kappa shape index (κ3) is 2.67. The zero-order chi connectivity index (χ0) is 8.93. The van der Waals surface area contributed by atoms with Crippen LogP contribution in [0.1, 0.15) is 19.3 Å². The highest BCUT2D eigenvalue weighted by Gasteiger charge is 2.08. The summed E-state index contributed by atoms with van der Waals surface area (Å²) in [5.74, 6) is 0. The molecule has 0 fully saturated rings. The number of hydrogen-bond acceptors (Lipinski definition) is 0. The summed E-state index contributed by atoms with van der Waals surface area (Å²) in [6.07, 6.45) is 8.78. The van der Waals surface area contributed by atoms with E-state index in [0.717, 1.165) is 14.2 Å². The van der Waals surface area contributed by atoms with Crippen molar-refractivity contribution in [3.8, 4) is 0 Å². The van der Waals surface area contributed by atoms with Crippen LogP contribution in [-0.2, 0) is 0 Å². The van der Waals surface area contributed by atoms with Crippen LogP contribution in [0.25, 0.3) is 0 Å². The predicted octanol–water partition coefficient (Wildman–Crippen LogP) is 3.10. The van der Waals surface area contributed by atoms with Crippen molar-refractivity contribution in [2.45, 2.75) is 24.9 Å². The van der Waals surface area contributed by atoms with E-state index in [9.17, 15) is 0 Å². The van der Waals surface area contributed by atoms with Crippen molar-refractivity contribution in [1.29, 1.82) is 0 Å². The lowest BCUT2D eigenvalue weighted by Crippen LogP contribution is -2.06. The van der Waals surface area contributed by atoms with Gasteiger partial charge in [0.05, 0.1) is 0 Å². The molecular formula is C12H15P. The molecule has 1 aromatic rings. The van der Waals surface area contributed by atoms with Gasteiger partial charge in [-0.15, -0.1) is 0 Å². The van der Waals surface area contributed by atoms with Gasteiger partial charge in [0.25, 0.3) is 0 Å². The highest BCUT2D eigenvalue weighted by atomic mass is 31.1. The highest BCUT2D eigenvalue weighted by molar-refractivity contribution is 7.48. The molecule has 0 N–H and O–H groups in total. The zero-order valence-corrected chi connectivity index (χ0v) is 8.74. The third-order valence-electron chi connectivity index (χ3n) is 2.38. The van der Waals surface area contributed by atoms with Gasteiger partial charge < -0.3 is 0 Å². The first-order valence-corrected chi connectivity index (χ1v) is 6.01. The molecule has 0 bridgehead atoms. The number of benzene rings is 1. The molecule has 2 atom stereocenters. The summed E-state index contributed by atoms with van der Waals surface area (Å²) in [6, 6.07) is 10.8. The largest absolute Gasteiger partial charge is 0.0879 e. The van der Waals surface area contributed by atoms with Crippen LogP contribution in [0.15, 0.2) is 42.5 Å². The van der Waals surface area contributed by atoms with Crippen molar-refractivity contribution < 1.29 is 0 Å². The Morgan fingerprint density at radius 3 is 2.69 bits per heavy atom. The third-order valence-corrected chi connectivity index (χ3v) is 3.90. The first-order chi connectivity index (χ1) is 6.45. The topological polar surface area (TPSA) is 0 Å². The average molecular weight is 190 g/mol. The molecule has 2 unspecified atom stereocenters. The minimum Gasteiger partial charge on any atom is -0.0879 e. The summed E-state index contributed by atoms with van der Waals surface area (Å²) in [5, 5.41) is 1.50. The lowest BCUT2D eigenvalue weighted by atomic mass is 10.1. The standard InChI is InChI=1S/C12H15P/c1-3-7-11(8-4-1)13-12-9-5-2-6-10-12/h1,3-5,7-9,12-13H,2,6,10H2. The van der Waals surface area contributed by atoms with Gasteiger partial charge in [-0.2, -0.15) is 0 Å². The zero-order valence-electron chi connectivity index (χ0n) is 7.74. The number of hydrogen-bond donors (Lipinski definition) is 0. The molecule has 1 aliphatic rings. The minimum absolute atomic E-state index is 0.816. The first-order valence-electron chi connectivity index (χ1n) is 4.93. The van der Waals surface area contributed by atoms with Gasteiger partial charge in [0.15, 0.2) is 0 Å². The molecule has 13 heavy (non-hydrogen) atoms. The van der Waals surface area contributed by atoms with Gasteiger partial charge in [-0.25, -0.2) is 0 Å². The molecule has 0 amide bonds. The van der Waals surface area contributed by atoms with E-state index in [1.807, 2.05) is 0 Å². The van der Waals surface area contributed by atoms with Gasteiger partial charge in [-0.05, 0) is 30.2 Å². The van der Waals surface area contributed by atoms with Crippen molar-refractivity contribution >= 4 is 13.9 Å². The number of rotatable bonds is 2. The molecule has 0 saturated carbocycles. The molecule has 0 spiro atoms. The molecule has 1 aromatic carbocycles. The summed E-state index contributed by atoms with van der Waals surface area (Å²) in [5.41, 5.74) is 0.816. The van der Waals surface area contributed by atoms with Crippen molar-refractivity contribution in [1.82, 2.24) is 0 Å². The van der Waals surface area contributed by atoms with Crippen LogP contribution >= 0.6 is 8.58 Å². The quantitative estimate of drug-likeness (QED) is 0.496. The van der Waals surface area contributed by atoms with E-state index >= 15 is 0 Å². The minimum atomic E-state index is 0.816. The second-order valence-electron chi connectivity index (χ2n) is 3.48. The SMILES string of the molecule is C1=CC(Pc2ccccc2)CCC1. The molecule has 0 saturated heterocycles. The fourth-order valence-corrected chi connectivity index (χ4v) is 3.07. The van der Waals surface area contributed by atoms with Crippen LogP contribution in [0.4, 0.5) is 0 Å². The van der Waals surface area contributed by atoms with E-state index in [-0.39, 0.29) is 0 Å². The Balaban J connectivity index is 1.98. The molecule has 0 aliphatic heterocycles. The Labute approximate surface area is 81.8 Å². The summed E-state index contributed by atoms with van der Waals surface area (Å²) in [4.78, 5) is 0. The molecule has 2 rings (SSSR count). The van der Waals surface area contributed by atoms with E-state index in [1.165, 1.54) is 24.6 Å². The van der Waals surface area contributed by atoms with Crippen molar-refractivity contribution in [2.24, 2.45) is 0 Å². The summed E-state index contributed by atoms with van der Waals surface area (Å²) in [7, 11) is 0.967. The van der Waals surface area contributed by atoms with Gasteiger partial charge in [-0.1, -0.05) is 51.1 Å². The summed E-state index contributed by atoms with van der Waals surface area (Å²) < 4.78 is 0. The monoisotopic (exact) mass is 190 g/mol. The summed E-state index contributed by atoms with van der Waals surface area (Å²) in [6.45, 7) is 0. The van der Waals surface area contributed by atoms with Crippen LogP contribution in [0.3, 0.4) is 0 Å². The van der Waals surface area contributed by atoms with Gasteiger partial charge in [0, 0.05) is 0 Å². The maximum absolute atomic E-state index is 2.40. The fraction of sp³-hybridized carbons (Fsp3) is 0.333. The van der Waals surface area contributed by atoms with E-state index in [4.69, 9.17) is 0 Å². The van der Waals surface area contributed by atoms with E-state index < -0.39 is 0 Å². The van der Waals surface area contributed by atoms with E-state index in [0.29, 0.717) is 0 Å². The Hall–Kier alpha value is -0.610. The molecule has 0 radical (unpaired) electrons. The van der Waals surface area contributed by atoms with Crippen molar-refractivity contribution in [3.63, 3.8) is 0 Å². The van der Waals surface area contributed by atoms with Gasteiger partial charge >= 0.3 is 0 Å². The second kappa shape index (κ2) is 4.58. The maximum atomic E-state index is 2.40. The smallest absolute Gasteiger partial charge is 0.00167 e. The number of allylic oxidation sites excluding steroid dienone is 2. The van der Waals surface area contributed by atoms with Crippen LogP contribution in [0, 0.1) is 0 Å². The Morgan fingerprint density at radius 1 is 1.15 bits per heavy atom. The van der Waals surface area contributed by atoms with Gasteiger partial charge in [0.1, 0.15) is 0 Å². The lowest BCUT2D eigenvalue weighted by molar-refractivity contribution is 0.739. The van der Waals surface area contributed by atoms with Crippen LogP contribution < -0.4 is 5.30 Å². The Bertz CT molecular complexity index is 276. The second-order valence-corrected chi connectivity index (χ2v) is 5.08. The maximum Gasteiger partial charge on any atom is -0.00167 e. The lowest BCUT2D eigenvalue weighted by Gasteiger charge is -2.15. The fourth-order valence-electron chi connectivity index (χ4n) is 1.68. The normalized spacial score (nSPS) is 22.6. The van der Waals surface area contributed by atoms with Crippen molar-refractivity contribution in [3.05, 3.63) is 42.5 Å². The first kappa shape index (κ1) is 8.97. The average Bonchev–Trinajstić information content (AvgIpc) is 2.21. The molecule has 0 nitrogen and oxygen atoms in total. The van der Waals surface area contributed by atoms with E-state index in [1.54, 1.807) is 0 Å². The predicted molar refractivity (Wildman–Crippen MR) is 61.2 cm³/mol. The Morgan fingerprint density at radius 2 is 2.00 bits per heavy atom. The van der Waals surface area contributed by atoms with Gasteiger partial charge in [-0.3, -0.25) is 0 Å². The molecule has 0 heterocycles. The van der Waals surface area contributed by atoms with E-state index in [2.05, 4.69) is 42.5 Å². The van der Waals surface area contributed by atoms with Crippen LogP contribution in [0.2, 0.25) is 0 Å². The highest BCUT2D eigenvalue weighted by Crippen LogP contribution is 2.27. The van der Waals surface area contributed by atoms with Crippen LogP contribution in [0.5, 0.6) is 0 Å². The Kier molecular flexibility index (Phi) is 3.16. The molecule has 1 aliphatic carbocycles. The molecule has 1 heteroatoms. The van der Waals surface area contributed by atoms with Gasteiger partial charge in [0.2, 0.25) is 0 Å². The molecule has 68 valence electrons. The molecular weight excluding hydrogens is 175 g/mol. The van der Waals surface area contributed by atoms with Crippen LogP contribution in [-0.4, -0.2) is 5.66 Å².